The predicted molar refractivity (Wildman–Crippen MR) is 81.1 cm³/mol. The normalized spacial score (nSPS) is 10.4. The van der Waals surface area contributed by atoms with E-state index >= 15 is 0 Å². The second-order valence-electron chi connectivity index (χ2n) is 3.76. The lowest BCUT2D eigenvalue weighted by atomic mass is 10.1. The fraction of sp³-hybridized carbons (Fsp3) is 0.0769. The zero-order valence-electron chi connectivity index (χ0n) is 10.1. The minimum absolute atomic E-state index is 0.125. The monoisotopic (exact) mass is 349 g/mol. The predicted octanol–water partition coefficient (Wildman–Crippen LogP) is 5.15. The van der Waals surface area contributed by atoms with E-state index in [0.717, 1.165) is 0 Å². The van der Waals surface area contributed by atoms with Gasteiger partial charge in [0.1, 0.15) is 0 Å². The summed E-state index contributed by atoms with van der Waals surface area (Å²) in [5.74, 6) is -0.567. The molecular formula is C13H7Cl4NO2. The van der Waals surface area contributed by atoms with Crippen molar-refractivity contribution >= 4 is 52.4 Å². The van der Waals surface area contributed by atoms with E-state index in [1.807, 2.05) is 0 Å². The second-order valence-corrected chi connectivity index (χ2v) is 5.36. The van der Waals surface area contributed by atoms with Crippen molar-refractivity contribution in [2.45, 2.75) is 0 Å². The second kappa shape index (κ2) is 6.19. The molecule has 2 rings (SSSR count). The topological polar surface area (TPSA) is 39.2 Å². The van der Waals surface area contributed by atoms with Gasteiger partial charge >= 0.3 is 5.97 Å². The Morgan fingerprint density at radius 3 is 2.50 bits per heavy atom. The summed E-state index contributed by atoms with van der Waals surface area (Å²) in [6.45, 7) is 0. The molecule has 1 aromatic carbocycles. The van der Waals surface area contributed by atoms with Crippen LogP contribution in [0.25, 0.3) is 11.3 Å². The summed E-state index contributed by atoms with van der Waals surface area (Å²) in [6, 6.07) is 4.54. The molecule has 1 heterocycles. The summed E-state index contributed by atoms with van der Waals surface area (Å²) in [5, 5.41) is 1.04. The van der Waals surface area contributed by atoms with E-state index in [4.69, 9.17) is 46.4 Å². The van der Waals surface area contributed by atoms with Gasteiger partial charge in [0.15, 0.2) is 0 Å². The highest BCUT2D eigenvalue weighted by Gasteiger charge is 2.19. The van der Waals surface area contributed by atoms with Crippen LogP contribution in [0.1, 0.15) is 10.4 Å². The number of benzene rings is 1. The Morgan fingerprint density at radius 1 is 1.15 bits per heavy atom. The average molecular weight is 351 g/mol. The molecule has 20 heavy (non-hydrogen) atoms. The van der Waals surface area contributed by atoms with Crippen LogP contribution < -0.4 is 0 Å². The molecule has 104 valence electrons. The fourth-order valence-electron chi connectivity index (χ4n) is 1.63. The first-order valence-electron chi connectivity index (χ1n) is 5.33. The number of halogens is 4. The van der Waals surface area contributed by atoms with Gasteiger partial charge in [-0.05, 0) is 18.2 Å². The van der Waals surface area contributed by atoms with Gasteiger partial charge in [-0.25, -0.2) is 4.79 Å². The maximum atomic E-state index is 11.6. The van der Waals surface area contributed by atoms with Crippen molar-refractivity contribution in [1.82, 2.24) is 4.98 Å². The first-order chi connectivity index (χ1) is 9.45. The van der Waals surface area contributed by atoms with Gasteiger partial charge in [0.05, 0.1) is 33.4 Å². The Balaban J connectivity index is 2.68. The van der Waals surface area contributed by atoms with Gasteiger partial charge < -0.3 is 4.74 Å². The van der Waals surface area contributed by atoms with Crippen molar-refractivity contribution in [3.05, 3.63) is 50.0 Å². The summed E-state index contributed by atoms with van der Waals surface area (Å²) in [6.07, 6.45) is 1.43. The molecule has 0 aliphatic rings. The van der Waals surface area contributed by atoms with Crippen LogP contribution in [0.5, 0.6) is 0 Å². The quantitative estimate of drug-likeness (QED) is 0.555. The molecule has 0 fully saturated rings. The first-order valence-corrected chi connectivity index (χ1v) is 6.84. The molecule has 0 atom stereocenters. The highest BCUT2D eigenvalue weighted by atomic mass is 35.5. The molecule has 0 radical (unpaired) electrons. The van der Waals surface area contributed by atoms with E-state index in [1.54, 1.807) is 6.07 Å². The third-order valence-corrected chi connectivity index (χ3v) is 3.95. The van der Waals surface area contributed by atoms with E-state index in [-0.39, 0.29) is 20.6 Å². The van der Waals surface area contributed by atoms with Crippen LogP contribution in [-0.4, -0.2) is 18.1 Å². The Morgan fingerprint density at radius 2 is 1.85 bits per heavy atom. The van der Waals surface area contributed by atoms with Crippen molar-refractivity contribution in [2.75, 3.05) is 7.11 Å². The zero-order valence-corrected chi connectivity index (χ0v) is 13.1. The smallest absolute Gasteiger partial charge is 0.339 e. The number of methoxy groups -OCH3 is 1. The van der Waals surface area contributed by atoms with Gasteiger partial charge in [0, 0.05) is 16.8 Å². The minimum atomic E-state index is -0.567. The SMILES string of the molecule is COC(=O)c1ccnc(-c2cc(Cl)cc(Cl)c2Cl)c1Cl. The van der Waals surface area contributed by atoms with Gasteiger partial charge in [0.25, 0.3) is 0 Å². The fourth-order valence-corrected chi connectivity index (χ4v) is 2.61. The number of nitrogens with zero attached hydrogens (tertiary/aromatic N) is 1. The molecule has 0 bridgehead atoms. The highest BCUT2D eigenvalue weighted by molar-refractivity contribution is 6.45. The Kier molecular flexibility index (Phi) is 4.76. The molecule has 3 nitrogen and oxygen atoms in total. The number of esters is 1. The largest absolute Gasteiger partial charge is 0.465 e. The lowest BCUT2D eigenvalue weighted by molar-refractivity contribution is 0.0601. The third kappa shape index (κ3) is 2.86. The zero-order chi connectivity index (χ0) is 14.9. The number of rotatable bonds is 2. The van der Waals surface area contributed by atoms with Crippen LogP contribution in [0.15, 0.2) is 24.4 Å². The van der Waals surface area contributed by atoms with Crippen molar-refractivity contribution in [2.24, 2.45) is 0 Å². The molecule has 0 spiro atoms. The van der Waals surface area contributed by atoms with Crippen LogP contribution in [0.3, 0.4) is 0 Å². The summed E-state index contributed by atoms with van der Waals surface area (Å²) in [5.41, 5.74) is 0.940. The van der Waals surface area contributed by atoms with Crippen molar-refractivity contribution < 1.29 is 9.53 Å². The molecule has 0 aliphatic heterocycles. The Labute approximate surface area is 135 Å². The summed E-state index contributed by atoms with van der Waals surface area (Å²) < 4.78 is 4.65. The number of carbonyl (C=O) groups is 1. The van der Waals surface area contributed by atoms with Gasteiger partial charge in [-0.1, -0.05) is 46.4 Å². The van der Waals surface area contributed by atoms with Gasteiger partial charge in [0.2, 0.25) is 0 Å². The minimum Gasteiger partial charge on any atom is -0.465 e. The molecule has 1 aromatic heterocycles. The van der Waals surface area contributed by atoms with E-state index < -0.39 is 5.97 Å². The van der Waals surface area contributed by atoms with Crippen LogP contribution in [0.4, 0.5) is 0 Å². The molecule has 0 unspecified atom stereocenters. The summed E-state index contributed by atoms with van der Waals surface area (Å²) in [7, 11) is 1.27. The Hall–Kier alpha value is -1.000. The standard InChI is InChI=1S/C13H7Cl4NO2/c1-20-13(19)7-2-3-18-12(11(7)17)8-4-6(14)5-9(15)10(8)16/h2-5H,1H3. The molecule has 7 heteroatoms. The van der Waals surface area contributed by atoms with E-state index in [2.05, 4.69) is 9.72 Å². The number of ether oxygens (including phenoxy) is 1. The molecular weight excluding hydrogens is 344 g/mol. The van der Waals surface area contributed by atoms with Gasteiger partial charge in [-0.15, -0.1) is 0 Å². The van der Waals surface area contributed by atoms with Gasteiger partial charge in [-0.3, -0.25) is 4.98 Å². The molecule has 0 N–H and O–H groups in total. The molecule has 0 aliphatic carbocycles. The number of hydrogen-bond acceptors (Lipinski definition) is 3. The number of aromatic nitrogens is 1. The lowest BCUT2D eigenvalue weighted by Crippen LogP contribution is -2.03. The van der Waals surface area contributed by atoms with Crippen LogP contribution in [-0.2, 0) is 4.74 Å². The number of carbonyl (C=O) groups excluding carboxylic acids is 1. The van der Waals surface area contributed by atoms with Crippen molar-refractivity contribution in [1.29, 1.82) is 0 Å². The lowest BCUT2D eigenvalue weighted by Gasteiger charge is -2.10. The third-order valence-electron chi connectivity index (χ3n) is 2.54. The molecule has 0 amide bonds. The van der Waals surface area contributed by atoms with Crippen molar-refractivity contribution in [3.8, 4) is 11.3 Å². The highest BCUT2D eigenvalue weighted by Crippen LogP contribution is 2.39. The average Bonchev–Trinajstić information content (AvgIpc) is 2.42. The molecule has 0 saturated heterocycles. The van der Waals surface area contributed by atoms with Crippen LogP contribution in [0, 0.1) is 0 Å². The first kappa shape index (κ1) is 15.4. The van der Waals surface area contributed by atoms with Crippen LogP contribution in [0.2, 0.25) is 20.1 Å². The van der Waals surface area contributed by atoms with Gasteiger partial charge in [-0.2, -0.15) is 0 Å². The summed E-state index contributed by atoms with van der Waals surface area (Å²) >= 11 is 24.2. The number of hydrogen-bond donors (Lipinski definition) is 0. The maximum Gasteiger partial charge on any atom is 0.339 e. The van der Waals surface area contributed by atoms with Crippen molar-refractivity contribution in [3.63, 3.8) is 0 Å². The van der Waals surface area contributed by atoms with Crippen LogP contribution >= 0.6 is 46.4 Å². The molecule has 2 aromatic rings. The number of pyridine rings is 1. The Bertz CT molecular complexity index is 688. The van der Waals surface area contributed by atoms with E-state index in [0.29, 0.717) is 16.3 Å². The van der Waals surface area contributed by atoms with E-state index in [1.165, 1.54) is 25.4 Å². The maximum absolute atomic E-state index is 11.6. The van der Waals surface area contributed by atoms with E-state index in [9.17, 15) is 4.79 Å². The summed E-state index contributed by atoms with van der Waals surface area (Å²) in [4.78, 5) is 15.7. The molecule has 0 saturated carbocycles.